The summed E-state index contributed by atoms with van der Waals surface area (Å²) in [5.74, 6) is 0.00862. The van der Waals surface area contributed by atoms with Gasteiger partial charge < -0.3 is 15.7 Å². The topological polar surface area (TPSA) is 61.4 Å². The van der Waals surface area contributed by atoms with E-state index in [1.54, 1.807) is 7.05 Å². The molecule has 0 aromatic heterocycles. The van der Waals surface area contributed by atoms with E-state index in [4.69, 9.17) is 5.11 Å². The number of likely N-dealkylation sites (N-methyl/N-ethyl adjacent to an activating group) is 1. The minimum absolute atomic E-state index is 0.287. The Morgan fingerprint density at radius 2 is 2.12 bits per heavy atom. The fourth-order valence-electron chi connectivity index (χ4n) is 2.19. The number of aliphatic carboxylic acids is 1. The highest BCUT2D eigenvalue weighted by Gasteiger charge is 2.33. The van der Waals surface area contributed by atoms with Crippen LogP contribution in [-0.2, 0) is 4.79 Å². The Kier molecular flexibility index (Phi) is 4.74. The Balaban J connectivity index is 2.25. The van der Waals surface area contributed by atoms with Crippen molar-refractivity contribution in [1.82, 2.24) is 10.6 Å². The normalized spacial score (nSPS) is 19.2. The second-order valence-electron chi connectivity index (χ2n) is 5.43. The van der Waals surface area contributed by atoms with Crippen LogP contribution in [0, 0.1) is 11.3 Å². The summed E-state index contributed by atoms with van der Waals surface area (Å²) >= 11 is 0. The summed E-state index contributed by atoms with van der Waals surface area (Å²) in [5.41, 5.74) is 0.287. The van der Waals surface area contributed by atoms with Crippen molar-refractivity contribution < 1.29 is 9.90 Å². The van der Waals surface area contributed by atoms with Gasteiger partial charge >= 0.3 is 5.97 Å². The lowest BCUT2D eigenvalue weighted by atomic mass is 9.67. The van der Waals surface area contributed by atoms with Crippen LogP contribution in [0.15, 0.2) is 0 Å². The summed E-state index contributed by atoms with van der Waals surface area (Å²) in [6, 6.07) is -0.489. The zero-order valence-corrected chi connectivity index (χ0v) is 10.5. The average molecular weight is 228 g/mol. The molecule has 0 saturated heterocycles. The predicted octanol–water partition coefficient (Wildman–Crippen LogP) is 1.07. The molecule has 94 valence electrons. The van der Waals surface area contributed by atoms with Crippen LogP contribution in [0.25, 0.3) is 0 Å². The molecule has 0 spiro atoms. The van der Waals surface area contributed by atoms with E-state index in [1.165, 1.54) is 19.3 Å². The molecule has 3 N–H and O–H groups in total. The smallest absolute Gasteiger partial charge is 0.322 e. The average Bonchev–Trinajstić information content (AvgIpc) is 2.07. The summed E-state index contributed by atoms with van der Waals surface area (Å²) in [7, 11) is 1.68. The number of hydrogen-bond donors (Lipinski definition) is 3. The largest absolute Gasteiger partial charge is 0.480 e. The number of rotatable bonds is 7. The summed E-state index contributed by atoms with van der Waals surface area (Å²) in [4.78, 5) is 10.8. The molecule has 1 fully saturated rings. The van der Waals surface area contributed by atoms with Gasteiger partial charge in [0.15, 0.2) is 0 Å². The number of carboxylic acid groups (broad SMARTS) is 1. The molecule has 16 heavy (non-hydrogen) atoms. The van der Waals surface area contributed by atoms with Gasteiger partial charge in [-0.2, -0.15) is 0 Å². The van der Waals surface area contributed by atoms with Gasteiger partial charge in [0.2, 0.25) is 0 Å². The van der Waals surface area contributed by atoms with Crippen LogP contribution in [0.5, 0.6) is 0 Å². The highest BCUT2D eigenvalue weighted by Crippen LogP contribution is 2.41. The predicted molar refractivity (Wildman–Crippen MR) is 64.5 cm³/mol. The van der Waals surface area contributed by atoms with Gasteiger partial charge in [0.25, 0.3) is 0 Å². The molecule has 1 saturated carbocycles. The molecule has 0 aromatic carbocycles. The Morgan fingerprint density at radius 3 is 2.50 bits per heavy atom. The Hall–Kier alpha value is -0.610. The number of hydrogen-bond acceptors (Lipinski definition) is 3. The van der Waals surface area contributed by atoms with Crippen molar-refractivity contribution in [3.8, 4) is 0 Å². The molecular weight excluding hydrogens is 204 g/mol. The minimum Gasteiger partial charge on any atom is -0.480 e. The molecule has 1 aliphatic rings. The van der Waals surface area contributed by atoms with Crippen molar-refractivity contribution in [2.45, 2.75) is 39.2 Å². The molecule has 1 aliphatic carbocycles. The van der Waals surface area contributed by atoms with Crippen molar-refractivity contribution in [1.29, 1.82) is 0 Å². The number of carbonyl (C=O) groups is 1. The van der Waals surface area contributed by atoms with E-state index >= 15 is 0 Å². The first-order chi connectivity index (χ1) is 7.47. The van der Waals surface area contributed by atoms with Gasteiger partial charge in [0.1, 0.15) is 6.04 Å². The zero-order valence-electron chi connectivity index (χ0n) is 10.5. The molecule has 4 heteroatoms. The first-order valence-corrected chi connectivity index (χ1v) is 6.08. The maximum absolute atomic E-state index is 10.8. The van der Waals surface area contributed by atoms with Gasteiger partial charge in [-0.3, -0.25) is 4.79 Å². The molecule has 0 bridgehead atoms. The third kappa shape index (κ3) is 3.46. The van der Waals surface area contributed by atoms with Gasteiger partial charge in [0, 0.05) is 13.1 Å². The molecule has 0 heterocycles. The fraction of sp³-hybridized carbons (Fsp3) is 0.917. The van der Waals surface area contributed by atoms with Crippen LogP contribution in [0.4, 0.5) is 0 Å². The van der Waals surface area contributed by atoms with E-state index < -0.39 is 12.0 Å². The van der Waals surface area contributed by atoms with Crippen molar-refractivity contribution in [3.05, 3.63) is 0 Å². The monoisotopic (exact) mass is 228 g/mol. The standard InChI is InChI=1S/C12H24N2O2/c1-12(2,9-5-4-6-9)8-14-7-10(13-3)11(15)16/h9-10,13-14H,4-8H2,1-3H3,(H,15,16). The minimum atomic E-state index is -0.795. The summed E-state index contributed by atoms with van der Waals surface area (Å²) in [6.45, 7) is 5.91. The van der Waals surface area contributed by atoms with Crippen LogP contribution in [-0.4, -0.2) is 37.3 Å². The zero-order chi connectivity index (χ0) is 12.2. The first-order valence-electron chi connectivity index (χ1n) is 6.08. The van der Waals surface area contributed by atoms with E-state index in [0.29, 0.717) is 6.54 Å². The Morgan fingerprint density at radius 1 is 1.50 bits per heavy atom. The van der Waals surface area contributed by atoms with Gasteiger partial charge in [-0.15, -0.1) is 0 Å². The van der Waals surface area contributed by atoms with E-state index in [0.717, 1.165) is 12.5 Å². The van der Waals surface area contributed by atoms with Gasteiger partial charge in [0.05, 0.1) is 0 Å². The lowest BCUT2D eigenvalue weighted by Gasteiger charge is -2.40. The van der Waals surface area contributed by atoms with Gasteiger partial charge in [-0.1, -0.05) is 20.3 Å². The quantitative estimate of drug-likeness (QED) is 0.610. The number of nitrogens with one attached hydrogen (secondary N) is 2. The van der Waals surface area contributed by atoms with E-state index in [9.17, 15) is 4.79 Å². The second-order valence-corrected chi connectivity index (χ2v) is 5.43. The number of carboxylic acids is 1. The van der Waals surface area contributed by atoms with Gasteiger partial charge in [-0.05, 0) is 31.2 Å². The van der Waals surface area contributed by atoms with Crippen molar-refractivity contribution >= 4 is 5.97 Å². The SMILES string of the molecule is CNC(CNCC(C)(C)C1CCC1)C(=O)O. The highest BCUT2D eigenvalue weighted by molar-refractivity contribution is 5.73. The third-order valence-electron chi connectivity index (χ3n) is 3.79. The molecule has 1 rings (SSSR count). The van der Waals surface area contributed by atoms with Crippen LogP contribution < -0.4 is 10.6 Å². The van der Waals surface area contributed by atoms with E-state index in [1.807, 2.05) is 0 Å². The maximum Gasteiger partial charge on any atom is 0.322 e. The summed E-state index contributed by atoms with van der Waals surface area (Å²) < 4.78 is 0. The van der Waals surface area contributed by atoms with Gasteiger partial charge in [-0.25, -0.2) is 0 Å². The third-order valence-corrected chi connectivity index (χ3v) is 3.79. The van der Waals surface area contributed by atoms with Crippen molar-refractivity contribution in [3.63, 3.8) is 0 Å². The first kappa shape index (κ1) is 13.5. The van der Waals surface area contributed by atoms with E-state index in [2.05, 4.69) is 24.5 Å². The van der Waals surface area contributed by atoms with E-state index in [-0.39, 0.29) is 5.41 Å². The van der Waals surface area contributed by atoms with Crippen LogP contribution in [0.3, 0.4) is 0 Å². The molecule has 1 unspecified atom stereocenters. The van der Waals surface area contributed by atoms with Crippen LogP contribution in [0.1, 0.15) is 33.1 Å². The molecular formula is C12H24N2O2. The fourth-order valence-corrected chi connectivity index (χ4v) is 2.19. The molecule has 0 amide bonds. The van der Waals surface area contributed by atoms with Crippen molar-refractivity contribution in [2.24, 2.45) is 11.3 Å². The van der Waals surface area contributed by atoms with Crippen LogP contribution >= 0.6 is 0 Å². The maximum atomic E-state index is 10.8. The highest BCUT2D eigenvalue weighted by atomic mass is 16.4. The lowest BCUT2D eigenvalue weighted by Crippen LogP contribution is -2.46. The molecule has 4 nitrogen and oxygen atoms in total. The Labute approximate surface area is 97.8 Å². The molecule has 0 radical (unpaired) electrons. The second kappa shape index (κ2) is 5.64. The molecule has 0 aliphatic heterocycles. The molecule has 0 aromatic rings. The van der Waals surface area contributed by atoms with Crippen LogP contribution in [0.2, 0.25) is 0 Å². The lowest BCUT2D eigenvalue weighted by molar-refractivity contribution is -0.139. The van der Waals surface area contributed by atoms with Crippen molar-refractivity contribution in [2.75, 3.05) is 20.1 Å². The summed E-state index contributed by atoms with van der Waals surface area (Å²) in [5, 5.41) is 14.9. The Bertz CT molecular complexity index is 237. The molecule has 1 atom stereocenters. The summed E-state index contributed by atoms with van der Waals surface area (Å²) in [6.07, 6.45) is 3.99.